The maximum Gasteiger partial charge on any atom is 0.251 e. The first-order valence-electron chi connectivity index (χ1n) is 7.95. The molecule has 0 aliphatic rings. The van der Waals surface area contributed by atoms with Gasteiger partial charge in [0.15, 0.2) is 0 Å². The normalized spacial score (nSPS) is 11.5. The van der Waals surface area contributed by atoms with E-state index in [0.29, 0.717) is 12.1 Å². The molecule has 3 rings (SSSR count). The summed E-state index contributed by atoms with van der Waals surface area (Å²) in [5.41, 5.74) is 1.96. The van der Waals surface area contributed by atoms with Crippen molar-refractivity contribution in [2.75, 3.05) is 0 Å². The first-order chi connectivity index (χ1) is 11.4. The summed E-state index contributed by atoms with van der Waals surface area (Å²) in [6.07, 6.45) is 0. The van der Waals surface area contributed by atoms with Crippen LogP contribution < -0.4 is 5.32 Å². The molecule has 2 heterocycles. The molecule has 0 saturated heterocycles. The fourth-order valence-electron chi connectivity index (χ4n) is 2.42. The molecule has 4 heteroatoms. The Hall–Kier alpha value is -2.33. The summed E-state index contributed by atoms with van der Waals surface area (Å²) in [7, 11) is 0. The quantitative estimate of drug-likeness (QED) is 0.706. The van der Waals surface area contributed by atoms with Gasteiger partial charge in [0.1, 0.15) is 11.5 Å². The zero-order valence-electron chi connectivity index (χ0n) is 14.1. The fourth-order valence-corrected chi connectivity index (χ4v) is 3.10. The highest BCUT2D eigenvalue weighted by Gasteiger charge is 2.14. The Morgan fingerprint density at radius 3 is 2.46 bits per heavy atom. The van der Waals surface area contributed by atoms with Crippen LogP contribution in [-0.2, 0) is 12.0 Å². The van der Waals surface area contributed by atoms with Crippen LogP contribution in [-0.4, -0.2) is 5.91 Å². The van der Waals surface area contributed by atoms with E-state index in [1.165, 1.54) is 5.56 Å². The second-order valence-electron chi connectivity index (χ2n) is 6.75. The van der Waals surface area contributed by atoms with E-state index in [1.807, 2.05) is 53.9 Å². The summed E-state index contributed by atoms with van der Waals surface area (Å²) in [4.78, 5) is 13.4. The van der Waals surface area contributed by atoms with Gasteiger partial charge in [-0.2, -0.15) is 0 Å². The number of nitrogens with one attached hydrogen (secondary N) is 1. The van der Waals surface area contributed by atoms with E-state index >= 15 is 0 Å². The van der Waals surface area contributed by atoms with Crippen LogP contribution in [0.3, 0.4) is 0 Å². The zero-order valence-corrected chi connectivity index (χ0v) is 14.9. The van der Waals surface area contributed by atoms with Crippen molar-refractivity contribution in [1.29, 1.82) is 0 Å². The van der Waals surface area contributed by atoms with E-state index < -0.39 is 0 Å². The molecule has 0 unspecified atom stereocenters. The van der Waals surface area contributed by atoms with Crippen LogP contribution in [0.5, 0.6) is 0 Å². The summed E-state index contributed by atoms with van der Waals surface area (Å²) < 4.78 is 5.77. The number of thiophene rings is 1. The third-order valence-electron chi connectivity index (χ3n) is 3.86. The molecule has 1 amide bonds. The highest BCUT2D eigenvalue weighted by atomic mass is 32.1. The lowest BCUT2D eigenvalue weighted by Crippen LogP contribution is -2.22. The van der Waals surface area contributed by atoms with Crippen LogP contribution in [0.4, 0.5) is 0 Å². The molecule has 1 N–H and O–H groups in total. The second kappa shape index (κ2) is 6.65. The average molecular weight is 339 g/mol. The van der Waals surface area contributed by atoms with Crippen LogP contribution in [0, 0.1) is 0 Å². The summed E-state index contributed by atoms with van der Waals surface area (Å²) in [5.74, 6) is 1.49. The Labute approximate surface area is 146 Å². The molecule has 0 bridgehead atoms. The van der Waals surface area contributed by atoms with Crippen LogP contribution in [0.2, 0.25) is 0 Å². The number of benzene rings is 1. The van der Waals surface area contributed by atoms with E-state index in [9.17, 15) is 4.79 Å². The number of furan rings is 1. The predicted octanol–water partition coefficient (Wildman–Crippen LogP) is 5.24. The molecule has 0 aliphatic heterocycles. The molecular formula is C20H21NO2S. The van der Waals surface area contributed by atoms with Crippen molar-refractivity contribution in [2.24, 2.45) is 0 Å². The number of rotatable bonds is 4. The first-order valence-corrected chi connectivity index (χ1v) is 8.83. The Morgan fingerprint density at radius 2 is 1.83 bits per heavy atom. The van der Waals surface area contributed by atoms with Gasteiger partial charge in [0, 0.05) is 5.56 Å². The number of carbonyl (C=O) groups is 1. The molecule has 3 aromatic rings. The summed E-state index contributed by atoms with van der Waals surface area (Å²) in [6, 6.07) is 15.6. The minimum Gasteiger partial charge on any atom is -0.458 e. The number of hydrogen-bond acceptors (Lipinski definition) is 3. The van der Waals surface area contributed by atoms with Gasteiger partial charge >= 0.3 is 0 Å². The van der Waals surface area contributed by atoms with Crippen LogP contribution in [0.1, 0.15) is 42.5 Å². The molecule has 24 heavy (non-hydrogen) atoms. The van der Waals surface area contributed by atoms with Crippen LogP contribution >= 0.6 is 11.3 Å². The molecular weight excluding hydrogens is 318 g/mol. The van der Waals surface area contributed by atoms with Gasteiger partial charge in [-0.3, -0.25) is 4.79 Å². The third kappa shape index (κ3) is 3.77. The van der Waals surface area contributed by atoms with Gasteiger partial charge < -0.3 is 9.73 Å². The Morgan fingerprint density at radius 1 is 1.08 bits per heavy atom. The maximum atomic E-state index is 12.3. The lowest BCUT2D eigenvalue weighted by molar-refractivity contribution is 0.0948. The maximum absolute atomic E-state index is 12.3. The molecule has 124 valence electrons. The number of amides is 1. The number of hydrogen-bond donors (Lipinski definition) is 1. The van der Waals surface area contributed by atoms with E-state index in [0.717, 1.165) is 16.4 Å². The fraction of sp³-hybridized carbons (Fsp3) is 0.250. The van der Waals surface area contributed by atoms with Crippen molar-refractivity contribution < 1.29 is 9.21 Å². The molecule has 0 radical (unpaired) electrons. The first kappa shape index (κ1) is 16.5. The predicted molar refractivity (Wildman–Crippen MR) is 98.3 cm³/mol. The summed E-state index contributed by atoms with van der Waals surface area (Å²) >= 11 is 1.63. The van der Waals surface area contributed by atoms with Gasteiger partial charge in [-0.15, -0.1) is 11.3 Å². The summed E-state index contributed by atoms with van der Waals surface area (Å²) in [5, 5.41) is 4.92. The van der Waals surface area contributed by atoms with Gasteiger partial charge in [-0.1, -0.05) is 39.0 Å². The van der Waals surface area contributed by atoms with Crippen molar-refractivity contribution in [2.45, 2.75) is 32.7 Å². The van der Waals surface area contributed by atoms with Crippen LogP contribution in [0.15, 0.2) is 58.3 Å². The van der Waals surface area contributed by atoms with Crippen molar-refractivity contribution in [3.8, 4) is 10.6 Å². The zero-order chi connectivity index (χ0) is 17.2. The van der Waals surface area contributed by atoms with E-state index in [4.69, 9.17) is 4.42 Å². The van der Waals surface area contributed by atoms with E-state index in [-0.39, 0.29) is 11.3 Å². The van der Waals surface area contributed by atoms with Crippen molar-refractivity contribution >= 4 is 17.2 Å². The molecule has 1 aromatic carbocycles. The van der Waals surface area contributed by atoms with Crippen molar-refractivity contribution in [1.82, 2.24) is 5.32 Å². The molecule has 0 fully saturated rings. The molecule has 0 atom stereocenters. The van der Waals surface area contributed by atoms with Crippen molar-refractivity contribution in [3.63, 3.8) is 0 Å². The average Bonchev–Trinajstić information content (AvgIpc) is 3.23. The monoisotopic (exact) mass is 339 g/mol. The lowest BCUT2D eigenvalue weighted by Gasteiger charge is -2.19. The molecule has 0 aliphatic carbocycles. The number of carbonyl (C=O) groups excluding carboxylic acids is 1. The highest BCUT2D eigenvalue weighted by molar-refractivity contribution is 7.13. The summed E-state index contributed by atoms with van der Waals surface area (Å²) in [6.45, 7) is 6.85. The standard InChI is InChI=1S/C20H21NO2S/c1-20(2,3)15-8-6-14(7-9-15)19(22)21-13-16-10-11-17(23-16)18-5-4-12-24-18/h4-12H,13H2,1-3H3,(H,21,22). The van der Waals surface area contributed by atoms with Gasteiger partial charge in [0.2, 0.25) is 0 Å². The Bertz CT molecular complexity index is 808. The smallest absolute Gasteiger partial charge is 0.251 e. The minimum atomic E-state index is -0.0930. The lowest BCUT2D eigenvalue weighted by atomic mass is 9.87. The molecule has 0 saturated carbocycles. The molecule has 3 nitrogen and oxygen atoms in total. The Balaban J connectivity index is 1.61. The van der Waals surface area contributed by atoms with E-state index in [2.05, 4.69) is 26.1 Å². The molecule has 0 spiro atoms. The van der Waals surface area contributed by atoms with Gasteiger partial charge in [0.05, 0.1) is 11.4 Å². The molecule has 2 aromatic heterocycles. The van der Waals surface area contributed by atoms with Gasteiger partial charge in [0.25, 0.3) is 5.91 Å². The van der Waals surface area contributed by atoms with E-state index in [1.54, 1.807) is 11.3 Å². The largest absolute Gasteiger partial charge is 0.458 e. The highest BCUT2D eigenvalue weighted by Crippen LogP contribution is 2.26. The topological polar surface area (TPSA) is 42.2 Å². The SMILES string of the molecule is CC(C)(C)c1ccc(C(=O)NCc2ccc(-c3cccs3)o2)cc1. The van der Waals surface area contributed by atoms with Crippen LogP contribution in [0.25, 0.3) is 10.6 Å². The van der Waals surface area contributed by atoms with Gasteiger partial charge in [-0.25, -0.2) is 0 Å². The minimum absolute atomic E-state index is 0.0847. The third-order valence-corrected chi connectivity index (χ3v) is 4.75. The second-order valence-corrected chi connectivity index (χ2v) is 7.70. The van der Waals surface area contributed by atoms with Gasteiger partial charge in [-0.05, 0) is 46.7 Å². The Kier molecular flexibility index (Phi) is 4.58. The van der Waals surface area contributed by atoms with Crippen molar-refractivity contribution in [3.05, 3.63) is 70.8 Å².